The first-order valence-electron chi connectivity index (χ1n) is 16.6. The molecule has 4 rings (SSSR count). The van der Waals surface area contributed by atoms with Crippen molar-refractivity contribution in [1.82, 2.24) is 9.47 Å². The minimum absolute atomic E-state index is 0.0661. The summed E-state index contributed by atoms with van der Waals surface area (Å²) in [5.41, 5.74) is -0.133. The number of carbonyl (C=O) groups is 1. The molecule has 0 unspecified atom stereocenters. The number of carboxylic acid groups (broad SMARTS) is 1. The molecule has 0 radical (unpaired) electrons. The summed E-state index contributed by atoms with van der Waals surface area (Å²) in [6, 6.07) is 1.31. The van der Waals surface area contributed by atoms with Crippen molar-refractivity contribution in [1.29, 1.82) is 0 Å². The number of aromatic nitrogens is 1. The van der Waals surface area contributed by atoms with Crippen molar-refractivity contribution in [3.8, 4) is 5.75 Å². The third-order valence-corrected chi connectivity index (χ3v) is 9.09. The first-order valence-corrected chi connectivity index (χ1v) is 16.6. The van der Waals surface area contributed by atoms with Gasteiger partial charge in [-0.15, -0.1) is 0 Å². The van der Waals surface area contributed by atoms with Gasteiger partial charge in [-0.1, -0.05) is 90.4 Å². The second-order valence-electron chi connectivity index (χ2n) is 12.4. The predicted octanol–water partition coefficient (Wildman–Crippen LogP) is 7.79. The van der Waals surface area contributed by atoms with E-state index >= 15 is 4.39 Å². The maximum Gasteiger partial charge on any atom is 0.341 e. The summed E-state index contributed by atoms with van der Waals surface area (Å²) in [5, 5.41) is 9.62. The Hall–Kier alpha value is -2.61. The van der Waals surface area contributed by atoms with E-state index in [1.165, 1.54) is 109 Å². The molecule has 234 valence electrons. The highest BCUT2D eigenvalue weighted by molar-refractivity contribution is 5.97. The number of piperazine rings is 1. The summed E-state index contributed by atoms with van der Waals surface area (Å²) in [5.74, 6) is -1.51. The molecule has 1 saturated carbocycles. The van der Waals surface area contributed by atoms with Crippen molar-refractivity contribution >= 4 is 22.6 Å². The summed E-state index contributed by atoms with van der Waals surface area (Å²) in [7, 11) is 1.50. The number of pyridine rings is 1. The van der Waals surface area contributed by atoms with E-state index in [1.54, 1.807) is 0 Å². The van der Waals surface area contributed by atoms with E-state index in [0.29, 0.717) is 30.0 Å². The Morgan fingerprint density at radius 2 is 1.45 bits per heavy atom. The van der Waals surface area contributed by atoms with Crippen LogP contribution in [0.3, 0.4) is 0 Å². The standard InChI is InChI=1S/C34H52FN3O4/c1-3-4-5-6-7-8-9-10-11-12-13-14-15-16-19-36-20-22-37(23-21-36)31-29(35)24-27-30(33(31)42-2)38(26-17-18-26)25-28(32(27)39)34(40)41/h24-26H,3-23H2,1-2H3,(H,40,41). The second-order valence-corrected chi connectivity index (χ2v) is 12.4. The van der Waals surface area contributed by atoms with Gasteiger partial charge in [-0.2, -0.15) is 0 Å². The number of aromatic carboxylic acids is 1. The van der Waals surface area contributed by atoms with E-state index in [0.717, 1.165) is 32.5 Å². The van der Waals surface area contributed by atoms with Gasteiger partial charge in [-0.25, -0.2) is 9.18 Å². The van der Waals surface area contributed by atoms with Crippen molar-refractivity contribution in [3.63, 3.8) is 0 Å². The fourth-order valence-electron chi connectivity index (χ4n) is 6.45. The topological polar surface area (TPSA) is 75.0 Å². The van der Waals surface area contributed by atoms with Crippen molar-refractivity contribution in [2.45, 2.75) is 116 Å². The van der Waals surface area contributed by atoms with E-state index in [9.17, 15) is 14.7 Å². The Morgan fingerprint density at radius 3 is 1.95 bits per heavy atom. The summed E-state index contributed by atoms with van der Waals surface area (Å²) >= 11 is 0. The number of unbranched alkanes of at least 4 members (excludes halogenated alkanes) is 13. The lowest BCUT2D eigenvalue weighted by Gasteiger charge is -2.37. The molecule has 1 aromatic carbocycles. The quantitative estimate of drug-likeness (QED) is 0.170. The van der Waals surface area contributed by atoms with Crippen LogP contribution < -0.4 is 15.1 Å². The molecule has 1 aromatic heterocycles. The molecular weight excluding hydrogens is 533 g/mol. The van der Waals surface area contributed by atoms with Gasteiger partial charge >= 0.3 is 5.97 Å². The number of halogens is 1. The van der Waals surface area contributed by atoms with Gasteiger partial charge in [0.2, 0.25) is 5.43 Å². The molecule has 1 saturated heterocycles. The van der Waals surface area contributed by atoms with Gasteiger partial charge < -0.3 is 19.3 Å². The van der Waals surface area contributed by atoms with E-state index in [-0.39, 0.29) is 17.0 Å². The third-order valence-electron chi connectivity index (χ3n) is 9.09. The first kappa shape index (κ1) is 32.3. The Balaban J connectivity index is 1.22. The summed E-state index contributed by atoms with van der Waals surface area (Å²) in [4.78, 5) is 29.1. The Bertz CT molecular complexity index is 1220. The number of methoxy groups -OCH3 is 1. The zero-order chi connectivity index (χ0) is 29.9. The molecule has 1 N–H and O–H groups in total. The number of fused-ring (bicyclic) bond motifs is 1. The van der Waals surface area contributed by atoms with Gasteiger partial charge in [-0.3, -0.25) is 9.69 Å². The van der Waals surface area contributed by atoms with Crippen LogP contribution in [0.25, 0.3) is 10.9 Å². The molecule has 42 heavy (non-hydrogen) atoms. The Labute approximate surface area is 251 Å². The molecule has 2 fully saturated rings. The minimum atomic E-state index is -1.30. The Morgan fingerprint density at radius 1 is 0.905 bits per heavy atom. The molecule has 1 aliphatic carbocycles. The molecule has 0 spiro atoms. The van der Waals surface area contributed by atoms with E-state index in [4.69, 9.17) is 4.74 Å². The molecule has 0 bridgehead atoms. The fraction of sp³-hybridized carbons (Fsp3) is 0.706. The Kier molecular flexibility index (Phi) is 12.5. The molecule has 0 amide bonds. The molecule has 2 aromatic rings. The van der Waals surface area contributed by atoms with Crippen LogP contribution >= 0.6 is 0 Å². The first-order chi connectivity index (χ1) is 20.5. The molecular formula is C34H52FN3O4. The number of rotatable bonds is 19. The van der Waals surface area contributed by atoms with Crippen LogP contribution in [0.4, 0.5) is 10.1 Å². The molecule has 8 heteroatoms. The van der Waals surface area contributed by atoms with E-state index in [2.05, 4.69) is 11.8 Å². The minimum Gasteiger partial charge on any atom is -0.492 e. The van der Waals surface area contributed by atoms with Crippen LogP contribution in [0.2, 0.25) is 0 Å². The van der Waals surface area contributed by atoms with Gasteiger partial charge in [0, 0.05) is 38.4 Å². The zero-order valence-corrected chi connectivity index (χ0v) is 26.0. The highest BCUT2D eigenvalue weighted by atomic mass is 19.1. The maximum atomic E-state index is 15.6. The predicted molar refractivity (Wildman–Crippen MR) is 169 cm³/mol. The van der Waals surface area contributed by atoms with Gasteiger partial charge in [0.25, 0.3) is 0 Å². The van der Waals surface area contributed by atoms with Gasteiger partial charge in [0.05, 0.1) is 18.0 Å². The van der Waals surface area contributed by atoms with E-state index in [1.807, 2.05) is 9.47 Å². The van der Waals surface area contributed by atoms with Crippen molar-refractivity contribution in [3.05, 3.63) is 33.9 Å². The summed E-state index contributed by atoms with van der Waals surface area (Å²) < 4.78 is 23.1. The van der Waals surface area contributed by atoms with Crippen molar-refractivity contribution in [2.24, 2.45) is 0 Å². The zero-order valence-electron chi connectivity index (χ0n) is 26.0. The number of ether oxygens (including phenoxy) is 1. The van der Waals surface area contributed by atoms with Crippen LogP contribution in [0.15, 0.2) is 17.1 Å². The van der Waals surface area contributed by atoms with Gasteiger partial charge in [0.15, 0.2) is 11.6 Å². The summed E-state index contributed by atoms with van der Waals surface area (Å²) in [6.07, 6.45) is 22.2. The molecule has 7 nitrogen and oxygen atoms in total. The lowest BCUT2D eigenvalue weighted by atomic mass is 10.0. The van der Waals surface area contributed by atoms with Crippen LogP contribution in [-0.4, -0.2) is 60.4 Å². The number of benzene rings is 1. The average Bonchev–Trinajstić information content (AvgIpc) is 3.83. The fourth-order valence-corrected chi connectivity index (χ4v) is 6.45. The SMILES string of the molecule is CCCCCCCCCCCCCCCCN1CCN(c2c(F)cc3c(=O)c(C(=O)O)cn(C4CC4)c3c2OC)CC1. The summed E-state index contributed by atoms with van der Waals surface area (Å²) in [6.45, 7) is 6.41. The largest absolute Gasteiger partial charge is 0.492 e. The van der Waals surface area contributed by atoms with Crippen LogP contribution in [0.5, 0.6) is 5.75 Å². The number of hydrogen-bond donors (Lipinski definition) is 1. The van der Waals surface area contributed by atoms with Gasteiger partial charge in [0.1, 0.15) is 11.3 Å². The molecule has 1 aliphatic heterocycles. The average molecular weight is 586 g/mol. The van der Waals surface area contributed by atoms with Crippen LogP contribution in [0.1, 0.15) is 126 Å². The normalized spacial score (nSPS) is 15.9. The second kappa shape index (κ2) is 16.3. The third kappa shape index (κ3) is 8.48. The molecule has 2 aliphatic rings. The van der Waals surface area contributed by atoms with E-state index < -0.39 is 17.2 Å². The number of anilines is 1. The van der Waals surface area contributed by atoms with Crippen molar-refractivity contribution in [2.75, 3.05) is 44.7 Å². The number of hydrogen-bond acceptors (Lipinski definition) is 5. The maximum absolute atomic E-state index is 15.6. The lowest BCUT2D eigenvalue weighted by Crippen LogP contribution is -2.47. The molecule has 0 atom stereocenters. The monoisotopic (exact) mass is 585 g/mol. The number of nitrogens with zero attached hydrogens (tertiary/aromatic N) is 3. The molecule has 2 heterocycles. The lowest BCUT2D eigenvalue weighted by molar-refractivity contribution is 0.0694. The van der Waals surface area contributed by atoms with Gasteiger partial charge in [-0.05, 0) is 31.9 Å². The van der Waals surface area contributed by atoms with Crippen LogP contribution in [0, 0.1) is 5.82 Å². The van der Waals surface area contributed by atoms with Crippen LogP contribution in [-0.2, 0) is 0 Å². The smallest absolute Gasteiger partial charge is 0.341 e. The highest BCUT2D eigenvalue weighted by Gasteiger charge is 2.32. The number of carboxylic acids is 1. The van der Waals surface area contributed by atoms with Crippen molar-refractivity contribution < 1.29 is 19.0 Å². The highest BCUT2D eigenvalue weighted by Crippen LogP contribution is 2.43.